The van der Waals surface area contributed by atoms with Crippen LogP contribution < -0.4 is 15.0 Å². The van der Waals surface area contributed by atoms with Crippen LogP contribution in [0.25, 0.3) is 0 Å². The minimum atomic E-state index is -0.704. The predicted molar refractivity (Wildman–Crippen MR) is 104 cm³/mol. The van der Waals surface area contributed by atoms with Crippen LogP contribution in [0.2, 0.25) is 0 Å². The van der Waals surface area contributed by atoms with Crippen molar-refractivity contribution in [2.24, 2.45) is 0 Å². The zero-order valence-electron chi connectivity index (χ0n) is 15.5. The highest BCUT2D eigenvalue weighted by atomic mass is 16.5. The molecule has 1 heterocycles. The number of hydrogen-bond acceptors (Lipinski definition) is 3. The Kier molecular flexibility index (Phi) is 4.84. The average Bonchev–Trinajstić information content (AvgIpc) is 3.18. The summed E-state index contributed by atoms with van der Waals surface area (Å²) in [4.78, 5) is 27.4. The van der Waals surface area contributed by atoms with E-state index in [1.165, 1.54) is 11.1 Å². The minimum absolute atomic E-state index is 0.0891. The van der Waals surface area contributed by atoms with E-state index in [-0.39, 0.29) is 18.4 Å². The molecular formula is C22H24N2O3. The lowest BCUT2D eigenvalue weighted by molar-refractivity contribution is -0.127. The molecule has 0 saturated heterocycles. The number of carbonyl (C=O) groups is 2. The van der Waals surface area contributed by atoms with Gasteiger partial charge in [-0.15, -0.1) is 0 Å². The van der Waals surface area contributed by atoms with E-state index in [1.807, 2.05) is 37.3 Å². The van der Waals surface area contributed by atoms with Crippen molar-refractivity contribution in [2.45, 2.75) is 38.7 Å². The van der Waals surface area contributed by atoms with Crippen molar-refractivity contribution in [1.82, 2.24) is 5.32 Å². The first-order valence-electron chi connectivity index (χ1n) is 9.64. The highest BCUT2D eigenvalue weighted by Crippen LogP contribution is 2.34. The Balaban J connectivity index is 1.63. The van der Waals surface area contributed by atoms with E-state index in [0.29, 0.717) is 23.5 Å². The van der Waals surface area contributed by atoms with Crippen molar-refractivity contribution in [3.8, 4) is 5.75 Å². The summed E-state index contributed by atoms with van der Waals surface area (Å²) in [5.74, 6) is 0.293. The average molecular weight is 364 g/mol. The van der Waals surface area contributed by atoms with Crippen molar-refractivity contribution in [3.63, 3.8) is 0 Å². The molecule has 2 amide bonds. The predicted octanol–water partition coefficient (Wildman–Crippen LogP) is 3.11. The van der Waals surface area contributed by atoms with Crippen LogP contribution >= 0.6 is 0 Å². The van der Waals surface area contributed by atoms with E-state index in [9.17, 15) is 9.59 Å². The van der Waals surface area contributed by atoms with Gasteiger partial charge >= 0.3 is 0 Å². The SMILES string of the molecule is CCCNC(=O)[C@@H]1CN(C(=O)c2ccc3c(c2)CCC3)c2ccccc2O1. The first-order valence-corrected chi connectivity index (χ1v) is 9.64. The zero-order valence-corrected chi connectivity index (χ0v) is 15.5. The van der Waals surface area contributed by atoms with Gasteiger partial charge in [-0.3, -0.25) is 9.59 Å². The third kappa shape index (κ3) is 3.42. The molecule has 1 aliphatic carbocycles. The van der Waals surface area contributed by atoms with E-state index in [2.05, 4.69) is 11.4 Å². The molecule has 1 atom stereocenters. The van der Waals surface area contributed by atoms with Gasteiger partial charge in [0.25, 0.3) is 11.8 Å². The highest BCUT2D eigenvalue weighted by molar-refractivity contribution is 6.08. The normalized spacial score (nSPS) is 17.7. The second-order valence-electron chi connectivity index (χ2n) is 7.12. The summed E-state index contributed by atoms with van der Waals surface area (Å²) >= 11 is 0. The minimum Gasteiger partial charge on any atom is -0.477 e. The van der Waals surface area contributed by atoms with Crippen LogP contribution in [0.4, 0.5) is 5.69 Å². The maximum Gasteiger partial charge on any atom is 0.262 e. The number of anilines is 1. The second kappa shape index (κ2) is 7.43. The smallest absolute Gasteiger partial charge is 0.262 e. The number of nitrogens with one attached hydrogen (secondary N) is 1. The van der Waals surface area contributed by atoms with Crippen LogP contribution in [-0.4, -0.2) is 31.0 Å². The van der Waals surface area contributed by atoms with Gasteiger partial charge in [-0.1, -0.05) is 25.1 Å². The zero-order chi connectivity index (χ0) is 18.8. The number of aryl methyl sites for hydroxylation is 2. The first-order chi connectivity index (χ1) is 13.2. The van der Waals surface area contributed by atoms with E-state index in [4.69, 9.17) is 4.74 Å². The van der Waals surface area contributed by atoms with Gasteiger partial charge in [0.05, 0.1) is 12.2 Å². The van der Waals surface area contributed by atoms with Gasteiger partial charge in [0, 0.05) is 12.1 Å². The molecule has 0 unspecified atom stereocenters. The van der Waals surface area contributed by atoms with Crippen molar-refractivity contribution in [3.05, 3.63) is 59.2 Å². The number of para-hydroxylation sites is 2. The molecule has 1 aliphatic heterocycles. The molecule has 2 aromatic rings. The van der Waals surface area contributed by atoms with E-state index in [1.54, 1.807) is 11.0 Å². The number of amides is 2. The van der Waals surface area contributed by atoms with Crippen LogP contribution in [-0.2, 0) is 17.6 Å². The highest BCUT2D eigenvalue weighted by Gasteiger charge is 2.34. The fraction of sp³-hybridized carbons (Fsp3) is 0.364. The summed E-state index contributed by atoms with van der Waals surface area (Å²) in [6.45, 7) is 2.81. The molecular weight excluding hydrogens is 340 g/mol. The maximum absolute atomic E-state index is 13.3. The molecule has 2 aliphatic rings. The van der Waals surface area contributed by atoms with Crippen LogP contribution in [0.5, 0.6) is 5.75 Å². The molecule has 140 valence electrons. The van der Waals surface area contributed by atoms with Crippen LogP contribution in [0.15, 0.2) is 42.5 Å². The maximum atomic E-state index is 13.3. The molecule has 1 N–H and O–H groups in total. The molecule has 0 saturated carbocycles. The Morgan fingerprint density at radius 1 is 1.15 bits per heavy atom. The van der Waals surface area contributed by atoms with Gasteiger partial charge in [0.2, 0.25) is 0 Å². The lowest BCUT2D eigenvalue weighted by atomic mass is 10.0. The second-order valence-corrected chi connectivity index (χ2v) is 7.12. The molecule has 0 radical (unpaired) electrons. The number of carbonyl (C=O) groups excluding carboxylic acids is 2. The Hall–Kier alpha value is -2.82. The Bertz CT molecular complexity index is 878. The third-order valence-corrected chi connectivity index (χ3v) is 5.21. The van der Waals surface area contributed by atoms with Crippen LogP contribution in [0.3, 0.4) is 0 Å². The monoisotopic (exact) mass is 364 g/mol. The van der Waals surface area contributed by atoms with Gasteiger partial charge in [-0.25, -0.2) is 0 Å². The Labute approximate surface area is 159 Å². The summed E-state index contributed by atoms with van der Waals surface area (Å²) in [5.41, 5.74) is 3.98. The molecule has 0 bridgehead atoms. The molecule has 27 heavy (non-hydrogen) atoms. The van der Waals surface area contributed by atoms with Gasteiger partial charge in [0.1, 0.15) is 5.75 Å². The number of nitrogens with zero attached hydrogens (tertiary/aromatic N) is 1. The van der Waals surface area contributed by atoms with Gasteiger partial charge in [0.15, 0.2) is 6.10 Å². The molecule has 0 aromatic heterocycles. The van der Waals surface area contributed by atoms with Crippen LogP contribution in [0, 0.1) is 0 Å². The first kappa shape index (κ1) is 17.6. The number of hydrogen-bond donors (Lipinski definition) is 1. The third-order valence-electron chi connectivity index (χ3n) is 5.21. The van der Waals surface area contributed by atoms with Crippen molar-refractivity contribution in [2.75, 3.05) is 18.0 Å². The largest absolute Gasteiger partial charge is 0.477 e. The summed E-state index contributed by atoms with van der Waals surface area (Å²) in [7, 11) is 0. The summed E-state index contributed by atoms with van der Waals surface area (Å²) in [6.07, 6.45) is 3.41. The van der Waals surface area contributed by atoms with Gasteiger partial charge in [-0.2, -0.15) is 0 Å². The number of benzene rings is 2. The van der Waals surface area contributed by atoms with Crippen LogP contribution in [0.1, 0.15) is 41.3 Å². The van der Waals surface area contributed by atoms with E-state index >= 15 is 0 Å². The topological polar surface area (TPSA) is 58.6 Å². The number of rotatable bonds is 4. The lowest BCUT2D eigenvalue weighted by Gasteiger charge is -2.34. The fourth-order valence-corrected chi connectivity index (χ4v) is 3.79. The number of fused-ring (bicyclic) bond motifs is 2. The quantitative estimate of drug-likeness (QED) is 0.907. The molecule has 0 fully saturated rings. The molecule has 5 nitrogen and oxygen atoms in total. The molecule has 5 heteroatoms. The van der Waals surface area contributed by atoms with Crippen molar-refractivity contribution in [1.29, 1.82) is 0 Å². The molecule has 2 aromatic carbocycles. The fourth-order valence-electron chi connectivity index (χ4n) is 3.79. The van der Waals surface area contributed by atoms with Gasteiger partial charge < -0.3 is 15.0 Å². The van der Waals surface area contributed by atoms with E-state index in [0.717, 1.165) is 25.7 Å². The van der Waals surface area contributed by atoms with Crippen molar-refractivity contribution >= 4 is 17.5 Å². The standard InChI is InChI=1S/C22H24N2O3/c1-2-12-23-21(25)20-14-24(18-8-3-4-9-19(18)27-20)22(26)17-11-10-15-6-5-7-16(15)13-17/h3-4,8-11,13,20H,2,5-7,12,14H2,1H3,(H,23,25)/t20-/m0/s1. The number of ether oxygens (including phenoxy) is 1. The van der Waals surface area contributed by atoms with E-state index < -0.39 is 6.10 Å². The summed E-state index contributed by atoms with van der Waals surface area (Å²) in [5, 5.41) is 2.86. The Morgan fingerprint density at radius 3 is 2.81 bits per heavy atom. The van der Waals surface area contributed by atoms with Gasteiger partial charge in [-0.05, 0) is 61.1 Å². The molecule has 4 rings (SSSR count). The Morgan fingerprint density at radius 2 is 1.96 bits per heavy atom. The summed E-state index contributed by atoms with van der Waals surface area (Å²) in [6, 6.07) is 13.4. The lowest BCUT2D eigenvalue weighted by Crippen LogP contribution is -2.50. The van der Waals surface area contributed by atoms with Crippen molar-refractivity contribution < 1.29 is 14.3 Å². The summed E-state index contributed by atoms with van der Waals surface area (Å²) < 4.78 is 5.88. The molecule has 0 spiro atoms.